The molecule has 6 heterocycles. The summed E-state index contributed by atoms with van der Waals surface area (Å²) in [7, 11) is 5.20. The molecule has 3 aromatic carbocycles. The summed E-state index contributed by atoms with van der Waals surface area (Å²) in [5.74, 6) is -17.1. The summed E-state index contributed by atoms with van der Waals surface area (Å²) < 4.78 is 0. The number of nitrogens with zero attached hydrogens (tertiary/aromatic N) is 7. The van der Waals surface area contributed by atoms with E-state index in [9.17, 15) is 53.1 Å². The fourth-order valence-electron chi connectivity index (χ4n) is 15.9. The van der Waals surface area contributed by atoms with Crippen molar-refractivity contribution in [2.75, 3.05) is 72.5 Å². The third-order valence-electron chi connectivity index (χ3n) is 23.4. The van der Waals surface area contributed by atoms with E-state index in [2.05, 4.69) is 88.4 Å². The number of likely N-dealkylation sites (N-methyl/N-ethyl adjacent to an activating group) is 4. The number of benzene rings is 3. The van der Waals surface area contributed by atoms with Crippen LogP contribution in [0.2, 0.25) is 0 Å². The van der Waals surface area contributed by atoms with E-state index in [1.165, 1.54) is 60.2 Å². The predicted molar refractivity (Wildman–Crippen MR) is 492 cm³/mol. The van der Waals surface area contributed by atoms with Gasteiger partial charge in [0.2, 0.25) is 100 Å². The zero-order valence-electron chi connectivity index (χ0n) is 75.9. The lowest BCUT2D eigenvalue weighted by Crippen LogP contribution is -2.61. The molecule has 4 aromatic heterocycles. The number of aromatic nitrogens is 6. The highest BCUT2D eigenvalue weighted by Gasteiger charge is 2.44. The number of primary amides is 2. The van der Waals surface area contributed by atoms with Crippen molar-refractivity contribution in [1.29, 1.82) is 5.41 Å². The molecule has 44 nitrogen and oxygen atoms in total. The number of fused-ring (bicyclic) bond motifs is 3. The van der Waals surface area contributed by atoms with Crippen LogP contribution in [-0.4, -0.2) is 317 Å². The lowest BCUT2D eigenvalue weighted by Gasteiger charge is -2.36. The third-order valence-corrected chi connectivity index (χ3v) is 24.4. The lowest BCUT2D eigenvalue weighted by molar-refractivity contribution is -0.149. The Kier molecular flexibility index (Phi) is 38.9. The van der Waals surface area contributed by atoms with Crippen molar-refractivity contribution in [2.24, 2.45) is 17.2 Å². The highest BCUT2D eigenvalue weighted by Crippen LogP contribution is 2.26. The molecule has 9 rings (SSSR count). The molecule has 13 atom stereocenters. The van der Waals surface area contributed by atoms with Crippen LogP contribution in [0, 0.1) is 5.41 Å². The van der Waals surface area contributed by atoms with Gasteiger partial charge in [0.25, 0.3) is 0 Å². The number of aliphatic hydroxyl groups excluding tert-OH is 1. The van der Waals surface area contributed by atoms with E-state index in [0.29, 0.717) is 75.6 Å². The number of rotatable bonds is 26. The molecule has 2 fully saturated rings. The number of thioether (sulfide) groups is 1. The molecule has 45 heteroatoms. The maximum absolute atomic E-state index is 15.7. The van der Waals surface area contributed by atoms with Crippen molar-refractivity contribution in [3.63, 3.8) is 0 Å². The highest BCUT2D eigenvalue weighted by atomic mass is 32.2. The van der Waals surface area contributed by atoms with Crippen molar-refractivity contribution in [3.05, 3.63) is 144 Å². The van der Waals surface area contributed by atoms with Crippen LogP contribution in [0.5, 0.6) is 0 Å². The first-order chi connectivity index (χ1) is 64.1. The number of guanidine groups is 1. The van der Waals surface area contributed by atoms with Crippen LogP contribution in [0.3, 0.4) is 0 Å². The normalized spacial score (nSPS) is 23.3. The predicted octanol–water partition coefficient (Wildman–Crippen LogP) is -3.22. The largest absolute Gasteiger partial charge is 0.394 e. The lowest BCUT2D eigenvalue weighted by atomic mass is 10.00. The van der Waals surface area contributed by atoms with Crippen molar-refractivity contribution in [3.8, 4) is 0 Å². The molecule has 2 aliphatic rings. The van der Waals surface area contributed by atoms with Crippen molar-refractivity contribution in [1.82, 2.24) is 113 Å². The maximum atomic E-state index is 15.7. The number of unbranched alkanes of at least 4 members (excludes halogenated alkanes) is 2. The topological polar surface area (TPSA) is 650 Å². The number of para-hydroxylation sites is 2. The summed E-state index contributed by atoms with van der Waals surface area (Å²) in [5.41, 5.74) is 20.3. The SMILES string of the molecule is CCCC[C@H]1C(=O)N(C)[C@@H](CCCC)C(=O)N[C@@H](CCCNC(=N)N)C(=O)N[C@H](C(=O)NCC(N)=O)CSCC(=O)N[C@@H](Cc2ccccc2)C(=O)N(C)[C@@H](C)C(=O)N[C@@H](CC(N)=O)C(=O)N2CCC[C@H]2C(=O)N[C@@H](Cc2cnc[nH]2)C(=O)N[C@@H](Cc2cnc[nH]2)C(=O)N(C)CC(=O)N[C@@H](Cc2c[nH]c3ccccc23)C(=O)N[C@@H](CO)C(=O)N[C@@H](Cc2c[nH]c3ccccc23)C(=O)N1C. The molecule has 0 aliphatic carbocycles. The molecule has 2 saturated heterocycles. The number of nitrogens with two attached hydrogens (primary N) is 3. The Balaban J connectivity index is 1.09. The molecule has 0 radical (unpaired) electrons. The second-order valence-corrected chi connectivity index (χ2v) is 34.3. The summed E-state index contributed by atoms with van der Waals surface area (Å²) in [5, 5.41) is 49.3. The van der Waals surface area contributed by atoms with Gasteiger partial charge in [-0.05, 0) is 74.3 Å². The van der Waals surface area contributed by atoms with Crippen molar-refractivity contribution >= 4 is 140 Å². The molecule has 0 spiro atoms. The summed E-state index contributed by atoms with van der Waals surface area (Å²) in [4.78, 5) is 275. The van der Waals surface area contributed by atoms with Gasteiger partial charge in [0.1, 0.15) is 78.5 Å². The fraction of sp³-hybridized carbons (Fsp3) is 0.483. The average molecular weight is 1880 g/mol. The van der Waals surface area contributed by atoms with E-state index < -0.39 is 223 Å². The Hall–Kier alpha value is -14.3. The number of carbonyl (C=O) groups excluding carboxylic acids is 17. The van der Waals surface area contributed by atoms with Gasteiger partial charge in [0.15, 0.2) is 5.96 Å². The van der Waals surface area contributed by atoms with E-state index in [1.54, 1.807) is 91.3 Å². The molecule has 722 valence electrons. The van der Waals surface area contributed by atoms with Crippen LogP contribution in [0.15, 0.2) is 116 Å². The Labute approximate surface area is 777 Å². The minimum Gasteiger partial charge on any atom is -0.394 e. The van der Waals surface area contributed by atoms with Gasteiger partial charge >= 0.3 is 0 Å². The number of imidazole rings is 2. The number of amides is 17. The smallest absolute Gasteiger partial charge is 0.246 e. The van der Waals surface area contributed by atoms with E-state index in [4.69, 9.17) is 22.6 Å². The van der Waals surface area contributed by atoms with Gasteiger partial charge in [-0.1, -0.05) is 106 Å². The summed E-state index contributed by atoms with van der Waals surface area (Å²) in [6.07, 6.45) is 8.23. The maximum Gasteiger partial charge on any atom is 0.246 e. The molecule has 23 N–H and O–H groups in total. The zero-order valence-corrected chi connectivity index (χ0v) is 76.7. The molecule has 17 amide bonds. The summed E-state index contributed by atoms with van der Waals surface area (Å²) in [6.45, 7) is 2.28. The number of aromatic amines is 4. The van der Waals surface area contributed by atoms with Gasteiger partial charge < -0.3 is 125 Å². The average Bonchev–Trinajstić information content (AvgIpc) is 1.66. The number of H-pyrrole nitrogens is 4. The standard InChI is InChI=1S/C89H122N26O18S/c1-8-10-28-69-82(127)104-60(27-19-31-96-89(92)93)78(123)110-68(77(122)99-43-73(91)118)46-134-47-75(120)103-63(33-51-21-13-12-14-22-51)85(130)112(5)50(3)76(121)106-66(38-72(90)117)87(132)115-32-20-30-70(115)83(128)105-62(36-54-41-94-48-100-54)80(125)108-65(37-55-42-95-49-101-55)84(129)111(4)44-74(119)102-61(34-52-39-97-58-25-17-15-23-56(52)58)79(124)109-67(45-116)81(126)107-64(35-53-40-98-59-26-18-16-24-57(53)59)86(131)114(7)71(29-11-9-2)88(133)113(69)6/h12-18,21-26,39-42,48-50,60-71,97-98,116H,8-11,19-20,27-38,43-47H2,1-7H3,(H2,90,117)(H2,91,118)(H,94,100)(H,95,101)(H,99,122)(H,102,119)(H,103,120)(H,104,127)(H,105,128)(H,106,121)(H,107,126)(H,108,125)(H,109,124)(H,110,123)(H4,92,93,96)/t50-,60-,61-,62-,63-,64-,65-,66-,67-,68-,69-,70-,71-/m0/s1. The van der Waals surface area contributed by atoms with Gasteiger partial charge in [-0.2, -0.15) is 0 Å². The first-order valence-corrected chi connectivity index (χ1v) is 45.5. The van der Waals surface area contributed by atoms with Crippen LogP contribution in [0.1, 0.15) is 119 Å². The van der Waals surface area contributed by atoms with E-state index in [-0.39, 0.29) is 83.7 Å². The van der Waals surface area contributed by atoms with Gasteiger partial charge in [-0.15, -0.1) is 11.8 Å². The number of carbonyl (C=O) groups is 17. The van der Waals surface area contributed by atoms with E-state index >= 15 is 33.6 Å². The Bertz CT molecular complexity index is 5290. The number of aliphatic hydroxyl groups is 1. The second-order valence-electron chi connectivity index (χ2n) is 33.3. The Morgan fingerprint density at radius 3 is 1.59 bits per heavy atom. The highest BCUT2D eigenvalue weighted by molar-refractivity contribution is 8.00. The molecular formula is C89H122N26O18S. The first kappa shape index (κ1) is 103. The van der Waals surface area contributed by atoms with Crippen molar-refractivity contribution in [2.45, 2.75) is 202 Å². The Morgan fingerprint density at radius 1 is 0.500 bits per heavy atom. The molecule has 0 unspecified atom stereocenters. The Morgan fingerprint density at radius 2 is 1.01 bits per heavy atom. The number of hydrogen-bond acceptors (Lipinski definition) is 22. The van der Waals surface area contributed by atoms with Gasteiger partial charge in [-0.25, -0.2) is 9.97 Å². The van der Waals surface area contributed by atoms with Crippen LogP contribution >= 0.6 is 11.8 Å². The molecule has 0 saturated carbocycles. The molecule has 2 aliphatic heterocycles. The molecule has 7 aromatic rings. The molecule has 134 heavy (non-hydrogen) atoms. The quantitative estimate of drug-likeness (QED) is 0.0144. The van der Waals surface area contributed by atoms with Gasteiger partial charge in [0.05, 0.1) is 44.5 Å². The van der Waals surface area contributed by atoms with Crippen LogP contribution in [-0.2, 0) is 114 Å². The van der Waals surface area contributed by atoms with Gasteiger partial charge in [0, 0.05) is 137 Å². The summed E-state index contributed by atoms with van der Waals surface area (Å²) in [6, 6.07) is 2.48. The minimum absolute atomic E-state index is 0.0000762. The number of hydrogen-bond donors (Lipinski definition) is 20. The summed E-state index contributed by atoms with van der Waals surface area (Å²) >= 11 is 0.791. The molecular weight excluding hydrogens is 1750 g/mol. The van der Waals surface area contributed by atoms with Gasteiger partial charge in [-0.3, -0.25) is 86.9 Å². The monoisotopic (exact) mass is 1870 g/mol. The van der Waals surface area contributed by atoms with E-state index in [0.717, 1.165) is 36.3 Å². The third kappa shape index (κ3) is 29.4. The minimum atomic E-state index is -1.87. The van der Waals surface area contributed by atoms with Crippen LogP contribution in [0.4, 0.5) is 0 Å². The van der Waals surface area contributed by atoms with Crippen LogP contribution in [0.25, 0.3) is 21.8 Å². The van der Waals surface area contributed by atoms with Crippen LogP contribution < -0.4 is 75.7 Å². The number of nitrogens with one attached hydrogen (secondary N) is 16. The molecule has 0 bridgehead atoms. The van der Waals surface area contributed by atoms with Crippen molar-refractivity contribution < 1.29 is 86.6 Å². The zero-order chi connectivity index (χ0) is 97.4. The fourth-order valence-corrected chi connectivity index (χ4v) is 16.8. The first-order valence-electron chi connectivity index (χ1n) is 44.3. The van der Waals surface area contributed by atoms with E-state index in [1.807, 2.05) is 13.8 Å². The second kappa shape index (κ2) is 50.4.